The highest BCUT2D eigenvalue weighted by molar-refractivity contribution is 7.11. The molecule has 1 saturated carbocycles. The molecule has 0 aromatic carbocycles. The van der Waals surface area contributed by atoms with Crippen LogP contribution < -0.4 is 5.32 Å². The van der Waals surface area contributed by atoms with E-state index in [0.717, 1.165) is 38.6 Å². The Kier molecular flexibility index (Phi) is 3.45. The zero-order chi connectivity index (χ0) is 11.7. The van der Waals surface area contributed by atoms with Gasteiger partial charge >= 0.3 is 0 Å². The number of nitrogens with one attached hydrogen (secondary N) is 1. The Morgan fingerprint density at radius 2 is 2.06 bits per heavy atom. The van der Waals surface area contributed by atoms with Gasteiger partial charge in [0.2, 0.25) is 0 Å². The summed E-state index contributed by atoms with van der Waals surface area (Å²) in [5, 5.41) is 4.91. The maximum absolute atomic E-state index is 5.41. The quantitative estimate of drug-likeness (QED) is 0.894. The van der Waals surface area contributed by atoms with Gasteiger partial charge in [-0.25, -0.2) is 4.98 Å². The van der Waals surface area contributed by atoms with E-state index in [9.17, 15) is 0 Å². The van der Waals surface area contributed by atoms with Crippen LogP contribution in [0.5, 0.6) is 0 Å². The fourth-order valence-corrected chi connectivity index (χ4v) is 3.44. The van der Waals surface area contributed by atoms with Crippen molar-refractivity contribution in [2.24, 2.45) is 0 Å². The van der Waals surface area contributed by atoms with Crippen LogP contribution in [0.15, 0.2) is 0 Å². The van der Waals surface area contributed by atoms with Crippen molar-refractivity contribution >= 4 is 11.3 Å². The second-order valence-corrected chi connectivity index (χ2v) is 6.22. The summed E-state index contributed by atoms with van der Waals surface area (Å²) in [6.07, 6.45) is 4.99. The van der Waals surface area contributed by atoms with Gasteiger partial charge in [0.1, 0.15) is 0 Å². The summed E-state index contributed by atoms with van der Waals surface area (Å²) in [6, 6.07) is 0.781. The van der Waals surface area contributed by atoms with E-state index in [1.165, 1.54) is 28.4 Å². The van der Waals surface area contributed by atoms with Crippen molar-refractivity contribution in [3.63, 3.8) is 0 Å². The summed E-state index contributed by atoms with van der Waals surface area (Å²) < 4.78 is 5.41. The van der Waals surface area contributed by atoms with Crippen molar-refractivity contribution in [3.05, 3.63) is 15.6 Å². The van der Waals surface area contributed by atoms with E-state index in [4.69, 9.17) is 9.72 Å². The van der Waals surface area contributed by atoms with Crippen molar-refractivity contribution in [3.8, 4) is 0 Å². The van der Waals surface area contributed by atoms with Crippen molar-refractivity contribution in [1.29, 1.82) is 0 Å². The standard InChI is InChI=1S/C13H20N2OS/c1-9-12(8-14-11-2-3-11)17-13(15-9)10-4-6-16-7-5-10/h10-11,14H,2-8H2,1H3. The number of aryl methyl sites for hydroxylation is 1. The first kappa shape index (κ1) is 11.6. The van der Waals surface area contributed by atoms with Crippen molar-refractivity contribution in [2.45, 2.75) is 51.1 Å². The number of nitrogens with zero attached hydrogens (tertiary/aromatic N) is 1. The van der Waals surface area contributed by atoms with Crippen molar-refractivity contribution in [2.75, 3.05) is 13.2 Å². The Hall–Kier alpha value is -0.450. The van der Waals surface area contributed by atoms with Gasteiger partial charge in [-0.3, -0.25) is 0 Å². The zero-order valence-corrected chi connectivity index (χ0v) is 11.2. The second kappa shape index (κ2) is 5.04. The van der Waals surface area contributed by atoms with Gasteiger partial charge < -0.3 is 10.1 Å². The number of hydrogen-bond acceptors (Lipinski definition) is 4. The third-order valence-electron chi connectivity index (χ3n) is 3.61. The van der Waals surface area contributed by atoms with E-state index in [1.807, 2.05) is 11.3 Å². The minimum atomic E-state index is 0.641. The first-order valence-corrected chi connectivity index (χ1v) is 7.42. The van der Waals surface area contributed by atoms with Gasteiger partial charge in [-0.05, 0) is 32.6 Å². The van der Waals surface area contributed by atoms with Crippen LogP contribution in [0.3, 0.4) is 0 Å². The molecule has 2 heterocycles. The fraction of sp³-hybridized carbons (Fsp3) is 0.769. The largest absolute Gasteiger partial charge is 0.381 e. The lowest BCUT2D eigenvalue weighted by Gasteiger charge is -2.19. The van der Waals surface area contributed by atoms with Crippen LogP contribution in [0.1, 0.15) is 47.2 Å². The minimum Gasteiger partial charge on any atom is -0.381 e. The molecule has 1 N–H and O–H groups in total. The number of rotatable bonds is 4. The Balaban J connectivity index is 1.65. The van der Waals surface area contributed by atoms with Crippen LogP contribution in [-0.4, -0.2) is 24.2 Å². The van der Waals surface area contributed by atoms with Gasteiger partial charge in [0, 0.05) is 36.6 Å². The molecule has 0 spiro atoms. The molecule has 1 aromatic heterocycles. The lowest BCUT2D eigenvalue weighted by Crippen LogP contribution is -2.14. The van der Waals surface area contributed by atoms with E-state index < -0.39 is 0 Å². The highest BCUT2D eigenvalue weighted by Crippen LogP contribution is 2.32. The SMILES string of the molecule is Cc1nc(C2CCOCC2)sc1CNC1CC1. The van der Waals surface area contributed by atoms with Gasteiger partial charge in [0.05, 0.1) is 10.7 Å². The Morgan fingerprint density at radius 1 is 1.29 bits per heavy atom. The summed E-state index contributed by atoms with van der Waals surface area (Å²) >= 11 is 1.91. The molecule has 0 amide bonds. The van der Waals surface area contributed by atoms with Crippen molar-refractivity contribution in [1.82, 2.24) is 10.3 Å². The molecular formula is C13H20N2OS. The van der Waals surface area contributed by atoms with Gasteiger partial charge in [-0.15, -0.1) is 11.3 Å². The first-order chi connectivity index (χ1) is 8.33. The molecule has 94 valence electrons. The molecule has 0 radical (unpaired) electrons. The topological polar surface area (TPSA) is 34.1 Å². The van der Waals surface area contributed by atoms with E-state index in [0.29, 0.717) is 5.92 Å². The molecule has 3 rings (SSSR count). The Bertz CT molecular complexity index is 381. The molecule has 2 fully saturated rings. The third-order valence-corrected chi connectivity index (χ3v) is 4.93. The Labute approximate surface area is 107 Å². The maximum atomic E-state index is 5.41. The third kappa shape index (κ3) is 2.87. The molecule has 4 heteroatoms. The first-order valence-electron chi connectivity index (χ1n) is 6.60. The average Bonchev–Trinajstić information content (AvgIpc) is 3.12. The molecule has 2 aliphatic rings. The minimum absolute atomic E-state index is 0.641. The molecule has 1 aromatic rings. The predicted molar refractivity (Wildman–Crippen MR) is 69.5 cm³/mol. The molecule has 0 atom stereocenters. The summed E-state index contributed by atoms with van der Waals surface area (Å²) in [4.78, 5) is 6.18. The molecule has 17 heavy (non-hydrogen) atoms. The van der Waals surface area contributed by atoms with Gasteiger partial charge in [-0.1, -0.05) is 0 Å². The van der Waals surface area contributed by atoms with E-state index in [1.54, 1.807) is 0 Å². The highest BCUT2D eigenvalue weighted by atomic mass is 32.1. The monoisotopic (exact) mass is 252 g/mol. The van der Waals surface area contributed by atoms with E-state index in [2.05, 4.69) is 12.2 Å². The van der Waals surface area contributed by atoms with Crippen LogP contribution in [0.4, 0.5) is 0 Å². The molecule has 0 unspecified atom stereocenters. The zero-order valence-electron chi connectivity index (χ0n) is 10.4. The van der Waals surface area contributed by atoms with Crippen LogP contribution in [0.2, 0.25) is 0 Å². The Morgan fingerprint density at radius 3 is 2.76 bits per heavy atom. The van der Waals surface area contributed by atoms with Gasteiger partial charge in [0.15, 0.2) is 0 Å². The lowest BCUT2D eigenvalue weighted by atomic mass is 10.0. The molecule has 1 saturated heterocycles. The van der Waals surface area contributed by atoms with Crippen LogP contribution in [0, 0.1) is 6.92 Å². The number of ether oxygens (including phenoxy) is 1. The smallest absolute Gasteiger partial charge is 0.0964 e. The maximum Gasteiger partial charge on any atom is 0.0964 e. The number of hydrogen-bond donors (Lipinski definition) is 1. The van der Waals surface area contributed by atoms with E-state index >= 15 is 0 Å². The normalized spacial score (nSPS) is 21.9. The summed E-state index contributed by atoms with van der Waals surface area (Å²) in [6.45, 7) is 4.96. The highest BCUT2D eigenvalue weighted by Gasteiger charge is 2.23. The number of thiazole rings is 1. The summed E-state index contributed by atoms with van der Waals surface area (Å²) in [7, 11) is 0. The van der Waals surface area contributed by atoms with Crippen LogP contribution in [0.25, 0.3) is 0 Å². The second-order valence-electron chi connectivity index (χ2n) is 5.10. The fourth-order valence-electron chi connectivity index (χ4n) is 2.26. The molecule has 3 nitrogen and oxygen atoms in total. The lowest BCUT2D eigenvalue weighted by molar-refractivity contribution is 0.0852. The molecule has 0 bridgehead atoms. The summed E-state index contributed by atoms with van der Waals surface area (Å²) in [5.74, 6) is 0.641. The number of aromatic nitrogens is 1. The summed E-state index contributed by atoms with van der Waals surface area (Å²) in [5.41, 5.74) is 1.23. The molecule has 1 aliphatic carbocycles. The molecular weight excluding hydrogens is 232 g/mol. The van der Waals surface area contributed by atoms with E-state index in [-0.39, 0.29) is 0 Å². The van der Waals surface area contributed by atoms with Crippen LogP contribution in [-0.2, 0) is 11.3 Å². The predicted octanol–water partition coefficient (Wildman–Crippen LogP) is 2.60. The van der Waals surface area contributed by atoms with Crippen molar-refractivity contribution < 1.29 is 4.74 Å². The van der Waals surface area contributed by atoms with Gasteiger partial charge in [0.25, 0.3) is 0 Å². The van der Waals surface area contributed by atoms with Gasteiger partial charge in [-0.2, -0.15) is 0 Å². The average molecular weight is 252 g/mol. The van der Waals surface area contributed by atoms with Crippen LogP contribution >= 0.6 is 11.3 Å². The molecule has 1 aliphatic heterocycles.